The smallest absolute Gasteiger partial charge is 0.169 e. The molecule has 2 heterocycles. The molecule has 56 valence electrons. The summed E-state index contributed by atoms with van der Waals surface area (Å²) in [6.07, 6.45) is 1.51. The van der Waals surface area contributed by atoms with Crippen LogP contribution in [0.25, 0.3) is 11.5 Å². The lowest BCUT2D eigenvalue weighted by Crippen LogP contribution is -1.68. The van der Waals surface area contributed by atoms with E-state index in [1.54, 1.807) is 6.07 Å². The summed E-state index contributed by atoms with van der Waals surface area (Å²) in [4.78, 5) is 0. The number of hydrogen-bond acceptors (Lipinski definition) is 3. The first-order chi connectivity index (χ1) is 5.36. The molecule has 0 bridgehead atoms. The van der Waals surface area contributed by atoms with Crippen molar-refractivity contribution < 1.29 is 8.94 Å². The Morgan fingerprint density at radius 2 is 2.18 bits per heavy atom. The van der Waals surface area contributed by atoms with Gasteiger partial charge in [-0.1, -0.05) is 5.16 Å². The molecule has 0 saturated heterocycles. The van der Waals surface area contributed by atoms with E-state index in [4.69, 9.17) is 4.42 Å². The van der Waals surface area contributed by atoms with Crippen LogP contribution in [0.5, 0.6) is 0 Å². The first-order valence-electron chi connectivity index (χ1n) is 3.02. The van der Waals surface area contributed by atoms with Crippen molar-refractivity contribution in [2.45, 2.75) is 0 Å². The van der Waals surface area contributed by atoms with Gasteiger partial charge in [0.15, 0.2) is 10.4 Å². The fourth-order valence-corrected chi connectivity index (χ4v) is 1.10. The lowest BCUT2D eigenvalue weighted by Gasteiger charge is -1.83. The first kappa shape index (κ1) is 6.67. The fraction of sp³-hybridized carbons (Fsp3) is 0. The van der Waals surface area contributed by atoms with Gasteiger partial charge in [-0.25, -0.2) is 0 Å². The van der Waals surface area contributed by atoms with Gasteiger partial charge in [-0.2, -0.15) is 0 Å². The molecule has 0 aromatic carbocycles. The zero-order valence-electron chi connectivity index (χ0n) is 5.45. The molecule has 0 spiro atoms. The predicted molar refractivity (Wildman–Crippen MR) is 41.9 cm³/mol. The number of furan rings is 1. The van der Waals surface area contributed by atoms with Crippen molar-refractivity contribution in [1.29, 1.82) is 0 Å². The van der Waals surface area contributed by atoms with Crippen LogP contribution in [-0.2, 0) is 0 Å². The van der Waals surface area contributed by atoms with E-state index in [2.05, 4.69) is 25.6 Å². The van der Waals surface area contributed by atoms with Gasteiger partial charge in [0.05, 0.1) is 0 Å². The molecule has 0 saturated carbocycles. The molecule has 2 rings (SSSR count). The quantitative estimate of drug-likeness (QED) is 0.732. The number of hydrogen-bond donors (Lipinski definition) is 0. The summed E-state index contributed by atoms with van der Waals surface area (Å²) in [7, 11) is 0. The highest BCUT2D eigenvalue weighted by Crippen LogP contribution is 2.22. The van der Waals surface area contributed by atoms with Crippen LogP contribution in [0.4, 0.5) is 0 Å². The average molecular weight is 214 g/mol. The molecule has 0 fully saturated rings. The van der Waals surface area contributed by atoms with Crippen molar-refractivity contribution in [3.63, 3.8) is 0 Å². The standard InChI is InChI=1S/C7H4BrNO2/c8-7-2-1-6(11-7)5-3-4-10-9-5/h1-4H. The third-order valence-electron chi connectivity index (χ3n) is 1.26. The number of halogens is 1. The Bertz CT molecular complexity index is 339. The van der Waals surface area contributed by atoms with E-state index in [1.165, 1.54) is 6.26 Å². The minimum atomic E-state index is 0.690. The molecule has 0 aliphatic heterocycles. The van der Waals surface area contributed by atoms with E-state index in [0.717, 1.165) is 0 Å². The second-order valence-corrected chi connectivity index (χ2v) is 2.77. The average Bonchev–Trinajstić information content (AvgIpc) is 2.55. The molecule has 0 N–H and O–H groups in total. The molecule has 0 aliphatic rings. The van der Waals surface area contributed by atoms with E-state index in [0.29, 0.717) is 16.1 Å². The highest BCUT2D eigenvalue weighted by atomic mass is 79.9. The van der Waals surface area contributed by atoms with Crippen LogP contribution < -0.4 is 0 Å². The van der Waals surface area contributed by atoms with Gasteiger partial charge in [0.2, 0.25) is 0 Å². The Morgan fingerprint density at radius 3 is 2.73 bits per heavy atom. The topological polar surface area (TPSA) is 39.2 Å². The van der Waals surface area contributed by atoms with Crippen molar-refractivity contribution in [2.75, 3.05) is 0 Å². The van der Waals surface area contributed by atoms with Crippen LogP contribution in [0.2, 0.25) is 0 Å². The van der Waals surface area contributed by atoms with Gasteiger partial charge in [-0.15, -0.1) is 0 Å². The number of nitrogens with zero attached hydrogens (tertiary/aromatic N) is 1. The van der Waals surface area contributed by atoms with Gasteiger partial charge in [0.25, 0.3) is 0 Å². The summed E-state index contributed by atoms with van der Waals surface area (Å²) in [5.41, 5.74) is 0.704. The maximum absolute atomic E-state index is 5.22. The Balaban J connectivity index is 2.45. The predicted octanol–water partition coefficient (Wildman–Crippen LogP) is 2.70. The number of aromatic nitrogens is 1. The van der Waals surface area contributed by atoms with Crippen LogP contribution in [0.1, 0.15) is 0 Å². The van der Waals surface area contributed by atoms with Gasteiger partial charge >= 0.3 is 0 Å². The Kier molecular flexibility index (Phi) is 1.54. The molecule has 0 radical (unpaired) electrons. The van der Waals surface area contributed by atoms with Crippen LogP contribution >= 0.6 is 15.9 Å². The highest BCUT2D eigenvalue weighted by Gasteiger charge is 2.04. The van der Waals surface area contributed by atoms with E-state index in [-0.39, 0.29) is 0 Å². The van der Waals surface area contributed by atoms with Gasteiger partial charge in [-0.3, -0.25) is 0 Å². The lowest BCUT2D eigenvalue weighted by atomic mass is 10.3. The summed E-state index contributed by atoms with van der Waals surface area (Å²) in [5, 5.41) is 3.71. The molecule has 2 aromatic rings. The van der Waals surface area contributed by atoms with Crippen LogP contribution in [0.15, 0.2) is 38.1 Å². The van der Waals surface area contributed by atoms with E-state index in [9.17, 15) is 0 Å². The molecule has 0 aliphatic carbocycles. The third-order valence-corrected chi connectivity index (χ3v) is 1.69. The molecule has 0 atom stereocenters. The van der Waals surface area contributed by atoms with Gasteiger partial charge in [0, 0.05) is 6.07 Å². The second kappa shape index (κ2) is 2.54. The Hall–Kier alpha value is -1.03. The summed E-state index contributed by atoms with van der Waals surface area (Å²) >= 11 is 3.19. The monoisotopic (exact) mass is 213 g/mol. The summed E-state index contributed by atoms with van der Waals surface area (Å²) in [6.45, 7) is 0. The summed E-state index contributed by atoms with van der Waals surface area (Å²) < 4.78 is 10.6. The molecule has 2 aromatic heterocycles. The molecular formula is C7H4BrNO2. The fourth-order valence-electron chi connectivity index (χ4n) is 0.792. The molecule has 4 heteroatoms. The normalized spacial score (nSPS) is 10.3. The van der Waals surface area contributed by atoms with E-state index in [1.807, 2.05) is 12.1 Å². The summed E-state index contributed by atoms with van der Waals surface area (Å²) in [6, 6.07) is 5.37. The van der Waals surface area contributed by atoms with Crippen LogP contribution in [0.3, 0.4) is 0 Å². The van der Waals surface area contributed by atoms with Crippen molar-refractivity contribution in [1.82, 2.24) is 5.16 Å². The van der Waals surface area contributed by atoms with Gasteiger partial charge < -0.3 is 8.94 Å². The van der Waals surface area contributed by atoms with Gasteiger partial charge in [0.1, 0.15) is 12.0 Å². The highest BCUT2D eigenvalue weighted by molar-refractivity contribution is 9.10. The maximum atomic E-state index is 5.22. The molecule has 11 heavy (non-hydrogen) atoms. The maximum Gasteiger partial charge on any atom is 0.169 e. The molecule has 0 amide bonds. The van der Waals surface area contributed by atoms with Crippen LogP contribution in [0, 0.1) is 0 Å². The second-order valence-electron chi connectivity index (χ2n) is 1.99. The van der Waals surface area contributed by atoms with Crippen LogP contribution in [-0.4, -0.2) is 5.16 Å². The minimum absolute atomic E-state index is 0.690. The molecular weight excluding hydrogens is 210 g/mol. The van der Waals surface area contributed by atoms with Crippen molar-refractivity contribution in [3.05, 3.63) is 29.1 Å². The van der Waals surface area contributed by atoms with E-state index >= 15 is 0 Å². The van der Waals surface area contributed by atoms with Crippen molar-refractivity contribution in [3.8, 4) is 11.5 Å². The number of rotatable bonds is 1. The lowest BCUT2D eigenvalue weighted by molar-refractivity contribution is 0.419. The largest absolute Gasteiger partial charge is 0.448 e. The third kappa shape index (κ3) is 1.21. The van der Waals surface area contributed by atoms with Crippen molar-refractivity contribution in [2.24, 2.45) is 0 Å². The SMILES string of the molecule is Brc1ccc(-c2ccon2)o1. The first-order valence-corrected chi connectivity index (χ1v) is 3.81. The zero-order valence-corrected chi connectivity index (χ0v) is 7.04. The summed E-state index contributed by atoms with van der Waals surface area (Å²) in [5.74, 6) is 0.700. The van der Waals surface area contributed by atoms with Gasteiger partial charge in [-0.05, 0) is 28.1 Å². The molecule has 0 unspecified atom stereocenters. The van der Waals surface area contributed by atoms with Crippen molar-refractivity contribution >= 4 is 15.9 Å². The minimum Gasteiger partial charge on any atom is -0.448 e. The van der Waals surface area contributed by atoms with E-state index < -0.39 is 0 Å². The zero-order chi connectivity index (χ0) is 7.68. The molecule has 3 nitrogen and oxygen atoms in total. The Morgan fingerprint density at radius 1 is 1.27 bits per heavy atom. The Labute approximate surface area is 71.1 Å².